The Morgan fingerprint density at radius 2 is 2.04 bits per heavy atom. The summed E-state index contributed by atoms with van der Waals surface area (Å²) in [6.07, 6.45) is 5.59. The number of aromatic nitrogens is 4. The van der Waals surface area contributed by atoms with Gasteiger partial charge in [-0.3, -0.25) is 19.6 Å². The third kappa shape index (κ3) is 4.32. The molecule has 8 heteroatoms. The normalized spacial score (nSPS) is 16.3. The molecule has 0 fully saturated rings. The molecule has 3 rings (SSSR count). The second kappa shape index (κ2) is 7.85. The Kier molecular flexibility index (Phi) is 5.53. The van der Waals surface area contributed by atoms with Crippen LogP contribution < -0.4 is 5.32 Å². The maximum Gasteiger partial charge on any atom is 0.271 e. The van der Waals surface area contributed by atoms with Crippen molar-refractivity contribution < 1.29 is 9.59 Å². The Balaban J connectivity index is 1.67. The molecule has 2 aromatic heterocycles. The van der Waals surface area contributed by atoms with Gasteiger partial charge in [-0.15, -0.1) is 0 Å². The van der Waals surface area contributed by atoms with E-state index in [0.717, 1.165) is 11.5 Å². The number of nitrogens with zero attached hydrogens (tertiary/aromatic N) is 5. The van der Waals surface area contributed by atoms with Crippen molar-refractivity contribution >= 4 is 11.8 Å². The van der Waals surface area contributed by atoms with E-state index in [4.69, 9.17) is 0 Å². The van der Waals surface area contributed by atoms with Gasteiger partial charge in [-0.05, 0) is 19.8 Å². The molecule has 2 amide bonds. The van der Waals surface area contributed by atoms with E-state index in [9.17, 15) is 9.59 Å². The first-order valence-corrected chi connectivity index (χ1v) is 9.27. The van der Waals surface area contributed by atoms with Crippen LogP contribution in [0.15, 0.2) is 18.6 Å². The van der Waals surface area contributed by atoms with Crippen molar-refractivity contribution in [1.82, 2.24) is 29.7 Å². The predicted molar refractivity (Wildman–Crippen MR) is 99.7 cm³/mol. The lowest BCUT2D eigenvalue weighted by Crippen LogP contribution is -2.41. The number of carbonyl (C=O) groups is 2. The molecule has 3 heterocycles. The Bertz CT molecular complexity index is 827. The summed E-state index contributed by atoms with van der Waals surface area (Å²) in [6, 6.07) is -0.144. The van der Waals surface area contributed by atoms with Crippen molar-refractivity contribution in [3.05, 3.63) is 41.5 Å². The summed E-state index contributed by atoms with van der Waals surface area (Å²) in [7, 11) is 0. The van der Waals surface area contributed by atoms with E-state index in [1.807, 2.05) is 37.2 Å². The number of carbonyl (C=O) groups excluding carboxylic acids is 2. The van der Waals surface area contributed by atoms with Gasteiger partial charge in [0.2, 0.25) is 5.91 Å². The number of rotatable bonds is 5. The summed E-state index contributed by atoms with van der Waals surface area (Å²) in [5, 5.41) is 2.82. The van der Waals surface area contributed by atoms with Gasteiger partial charge in [0, 0.05) is 31.9 Å². The summed E-state index contributed by atoms with van der Waals surface area (Å²) in [4.78, 5) is 39.6. The molecule has 144 valence electrons. The number of amides is 2. The minimum atomic E-state index is -0.258. The zero-order valence-corrected chi connectivity index (χ0v) is 16.3. The summed E-state index contributed by atoms with van der Waals surface area (Å²) < 4.78 is 1.96. The van der Waals surface area contributed by atoms with Gasteiger partial charge < -0.3 is 14.8 Å². The topological polar surface area (TPSA) is 93.0 Å². The lowest BCUT2D eigenvalue weighted by Gasteiger charge is -2.34. The maximum absolute atomic E-state index is 12.5. The van der Waals surface area contributed by atoms with E-state index < -0.39 is 0 Å². The SMILES string of the molecule is Cc1cnc(CNC(=O)c2cn3c(n2)C(C)N(C(=O)CC(C)C)CC3)cn1. The average Bonchev–Trinajstić information content (AvgIpc) is 3.06. The number of imidazole rings is 1. The van der Waals surface area contributed by atoms with Crippen molar-refractivity contribution in [2.45, 2.75) is 53.2 Å². The molecule has 0 aliphatic carbocycles. The first-order valence-electron chi connectivity index (χ1n) is 9.27. The zero-order valence-electron chi connectivity index (χ0n) is 16.3. The van der Waals surface area contributed by atoms with Gasteiger partial charge >= 0.3 is 0 Å². The molecule has 0 saturated carbocycles. The molecule has 0 aromatic carbocycles. The molecule has 0 radical (unpaired) electrons. The average molecular weight is 370 g/mol. The lowest BCUT2D eigenvalue weighted by atomic mass is 10.1. The predicted octanol–water partition coefficient (Wildman–Crippen LogP) is 1.86. The van der Waals surface area contributed by atoms with Gasteiger partial charge in [0.25, 0.3) is 5.91 Å². The summed E-state index contributed by atoms with van der Waals surface area (Å²) in [5.74, 6) is 0.943. The molecule has 2 aromatic rings. The van der Waals surface area contributed by atoms with E-state index in [1.54, 1.807) is 18.6 Å². The molecule has 1 unspecified atom stereocenters. The van der Waals surface area contributed by atoms with Crippen LogP contribution in [-0.4, -0.2) is 42.8 Å². The quantitative estimate of drug-likeness (QED) is 0.867. The fourth-order valence-electron chi connectivity index (χ4n) is 3.18. The molecular weight excluding hydrogens is 344 g/mol. The highest BCUT2D eigenvalue weighted by Crippen LogP contribution is 2.26. The maximum atomic E-state index is 12.5. The Morgan fingerprint density at radius 1 is 1.26 bits per heavy atom. The molecule has 0 spiro atoms. The van der Waals surface area contributed by atoms with Crippen LogP contribution in [0.25, 0.3) is 0 Å². The van der Waals surface area contributed by atoms with Crippen LogP contribution in [-0.2, 0) is 17.9 Å². The monoisotopic (exact) mass is 370 g/mol. The molecule has 1 aliphatic rings. The van der Waals surface area contributed by atoms with Crippen LogP contribution in [0.4, 0.5) is 0 Å². The molecule has 27 heavy (non-hydrogen) atoms. The smallest absolute Gasteiger partial charge is 0.271 e. The Labute approximate surface area is 159 Å². The lowest BCUT2D eigenvalue weighted by molar-refractivity contribution is -0.135. The largest absolute Gasteiger partial charge is 0.345 e. The van der Waals surface area contributed by atoms with Crippen LogP contribution in [0.2, 0.25) is 0 Å². The summed E-state index contributed by atoms with van der Waals surface area (Å²) >= 11 is 0. The molecular formula is C19H26N6O2. The first-order chi connectivity index (χ1) is 12.8. The molecule has 0 saturated heterocycles. The molecule has 0 bridgehead atoms. The highest BCUT2D eigenvalue weighted by Gasteiger charge is 2.30. The minimum absolute atomic E-state index is 0.135. The van der Waals surface area contributed by atoms with E-state index in [-0.39, 0.29) is 17.9 Å². The molecule has 8 nitrogen and oxygen atoms in total. The van der Waals surface area contributed by atoms with Crippen molar-refractivity contribution in [1.29, 1.82) is 0 Å². The van der Waals surface area contributed by atoms with Crippen LogP contribution in [0, 0.1) is 12.8 Å². The van der Waals surface area contributed by atoms with Crippen LogP contribution >= 0.6 is 0 Å². The highest BCUT2D eigenvalue weighted by atomic mass is 16.2. The number of hydrogen-bond acceptors (Lipinski definition) is 5. The highest BCUT2D eigenvalue weighted by molar-refractivity contribution is 5.92. The fourth-order valence-corrected chi connectivity index (χ4v) is 3.18. The van der Waals surface area contributed by atoms with Gasteiger partial charge in [-0.25, -0.2) is 4.98 Å². The fraction of sp³-hybridized carbons (Fsp3) is 0.526. The van der Waals surface area contributed by atoms with E-state index in [2.05, 4.69) is 20.3 Å². The van der Waals surface area contributed by atoms with Crippen molar-refractivity contribution in [3.8, 4) is 0 Å². The van der Waals surface area contributed by atoms with Crippen LogP contribution in [0.5, 0.6) is 0 Å². The van der Waals surface area contributed by atoms with Crippen molar-refractivity contribution in [2.75, 3.05) is 6.54 Å². The standard InChI is InChI=1S/C19H26N6O2/c1-12(2)7-17(26)25-6-5-24-11-16(23-18(24)14(25)4)19(27)22-10-15-9-20-13(3)8-21-15/h8-9,11-12,14H,5-7,10H2,1-4H3,(H,22,27). The van der Waals surface area contributed by atoms with Gasteiger partial charge in [-0.2, -0.15) is 0 Å². The third-order valence-electron chi connectivity index (χ3n) is 4.63. The van der Waals surface area contributed by atoms with Gasteiger partial charge in [0.05, 0.1) is 30.2 Å². The second-order valence-corrected chi connectivity index (χ2v) is 7.37. The number of aryl methyl sites for hydroxylation is 1. The van der Waals surface area contributed by atoms with Crippen molar-refractivity contribution in [3.63, 3.8) is 0 Å². The number of fused-ring (bicyclic) bond motifs is 1. The summed E-state index contributed by atoms with van der Waals surface area (Å²) in [6.45, 7) is 9.47. The Hall–Kier alpha value is -2.77. The van der Waals surface area contributed by atoms with Gasteiger partial charge in [0.1, 0.15) is 11.5 Å². The van der Waals surface area contributed by atoms with E-state index in [0.29, 0.717) is 43.4 Å². The van der Waals surface area contributed by atoms with E-state index >= 15 is 0 Å². The minimum Gasteiger partial charge on any atom is -0.345 e. The van der Waals surface area contributed by atoms with Crippen molar-refractivity contribution in [2.24, 2.45) is 5.92 Å². The molecule has 1 N–H and O–H groups in total. The van der Waals surface area contributed by atoms with Crippen LogP contribution in [0.3, 0.4) is 0 Å². The van der Waals surface area contributed by atoms with Gasteiger partial charge in [0.15, 0.2) is 0 Å². The number of hydrogen-bond donors (Lipinski definition) is 1. The number of nitrogens with one attached hydrogen (secondary N) is 1. The third-order valence-corrected chi connectivity index (χ3v) is 4.63. The first kappa shape index (κ1) is 19.0. The van der Waals surface area contributed by atoms with E-state index in [1.165, 1.54) is 0 Å². The zero-order chi connectivity index (χ0) is 19.6. The molecule has 1 atom stereocenters. The van der Waals surface area contributed by atoms with Gasteiger partial charge in [-0.1, -0.05) is 13.8 Å². The van der Waals surface area contributed by atoms with Crippen LogP contribution in [0.1, 0.15) is 60.9 Å². The summed E-state index contributed by atoms with van der Waals surface area (Å²) in [5.41, 5.74) is 1.88. The molecule has 1 aliphatic heterocycles. The second-order valence-electron chi connectivity index (χ2n) is 7.37. The Morgan fingerprint density at radius 3 is 2.70 bits per heavy atom.